The molecule has 4 aromatic rings. The largest absolute Gasteiger partial charge is 0.465 e. The third-order valence-electron chi connectivity index (χ3n) is 11.7. The van der Waals surface area contributed by atoms with E-state index in [2.05, 4.69) is 5.32 Å². The third kappa shape index (κ3) is 8.84. The summed E-state index contributed by atoms with van der Waals surface area (Å²) >= 11 is 0. The lowest BCUT2D eigenvalue weighted by molar-refractivity contribution is -0.170. The number of rotatable bonds is 16. The van der Waals surface area contributed by atoms with Crippen LogP contribution in [-0.2, 0) is 52.3 Å². The molecule has 2 atom stereocenters. The lowest BCUT2D eigenvalue weighted by Gasteiger charge is -2.57. The summed E-state index contributed by atoms with van der Waals surface area (Å²) in [6.07, 6.45) is 4.30. The Morgan fingerprint density at radius 3 is 1.84 bits per heavy atom. The van der Waals surface area contributed by atoms with E-state index in [-0.39, 0.29) is 32.7 Å². The number of hydrogen-bond donors (Lipinski definition) is 1. The maximum absolute atomic E-state index is 16.5. The molecule has 0 saturated heterocycles. The van der Waals surface area contributed by atoms with E-state index in [0.717, 1.165) is 60.4 Å². The van der Waals surface area contributed by atoms with Gasteiger partial charge in [0.25, 0.3) is 0 Å². The van der Waals surface area contributed by atoms with Gasteiger partial charge in [-0.25, -0.2) is 4.79 Å². The number of nitrogens with one attached hydrogen (secondary N) is 1. The second kappa shape index (κ2) is 16.7. The number of fused-ring (bicyclic) bond motifs is 1. The number of benzene rings is 4. The number of carbonyl (C=O) groups is 3. The van der Waals surface area contributed by atoms with Gasteiger partial charge >= 0.3 is 18.0 Å². The number of hydrogen-bond acceptors (Lipinski definition) is 8. The van der Waals surface area contributed by atoms with Gasteiger partial charge in [-0.3, -0.25) is 14.2 Å². The molecule has 4 bridgehead atoms. The van der Waals surface area contributed by atoms with Gasteiger partial charge in [-0.1, -0.05) is 103 Å². The molecule has 1 amide bonds. The molecular formula is C45H52NO8P. The molecule has 4 aliphatic carbocycles. The van der Waals surface area contributed by atoms with Crippen LogP contribution in [0.25, 0.3) is 10.8 Å². The first-order chi connectivity index (χ1) is 26.6. The number of ether oxygens (including phenoxy) is 3. The standard InChI is InChI=1S/C45H52NO8P/c1-3-51-41(47)45(42(48)52-4-2,29-34-19-20-38-17-11-12-18-39(38)24-34)31-55(50,54-44-26-35-21-36(27-44)23-37(22-35)28-44)40(25-32-13-7-5-8-14-32)46-43(49)53-30-33-15-9-6-10-16-33/h5-20,24,35-37,40H,3-4,21-23,25-31H2,1-2H3,(H,46,49). The van der Waals surface area contributed by atoms with E-state index in [4.69, 9.17) is 18.7 Å². The van der Waals surface area contributed by atoms with E-state index in [1.165, 1.54) is 0 Å². The quantitative estimate of drug-likeness (QED) is 0.0520. The molecule has 0 heterocycles. The molecule has 290 valence electrons. The van der Waals surface area contributed by atoms with Gasteiger partial charge in [0.2, 0.25) is 7.37 Å². The van der Waals surface area contributed by atoms with Crippen LogP contribution >= 0.6 is 7.37 Å². The normalized spacial score (nSPS) is 23.1. The molecule has 0 aliphatic heterocycles. The molecule has 55 heavy (non-hydrogen) atoms. The van der Waals surface area contributed by atoms with Gasteiger partial charge in [0.1, 0.15) is 12.4 Å². The third-order valence-corrected chi connectivity index (χ3v) is 14.7. The first kappa shape index (κ1) is 38.8. The van der Waals surface area contributed by atoms with Crippen LogP contribution in [0, 0.1) is 23.2 Å². The zero-order chi connectivity index (χ0) is 38.5. The monoisotopic (exact) mass is 765 g/mol. The molecule has 8 rings (SSSR count). The van der Waals surface area contributed by atoms with Gasteiger partial charge in [-0.2, -0.15) is 0 Å². The predicted octanol–water partition coefficient (Wildman–Crippen LogP) is 9.25. The average Bonchev–Trinajstić information content (AvgIpc) is 3.17. The number of esters is 2. The first-order valence-electron chi connectivity index (χ1n) is 19.7. The highest BCUT2D eigenvalue weighted by Crippen LogP contribution is 2.66. The Morgan fingerprint density at radius 1 is 0.709 bits per heavy atom. The van der Waals surface area contributed by atoms with Crippen molar-refractivity contribution < 1.29 is 37.7 Å². The van der Waals surface area contributed by atoms with Crippen molar-refractivity contribution in [3.63, 3.8) is 0 Å². The topological polar surface area (TPSA) is 117 Å². The van der Waals surface area contributed by atoms with Crippen molar-refractivity contribution >= 4 is 36.2 Å². The minimum absolute atomic E-state index is 0.00240. The van der Waals surface area contributed by atoms with E-state index in [9.17, 15) is 14.4 Å². The van der Waals surface area contributed by atoms with E-state index in [1.807, 2.05) is 103 Å². The highest BCUT2D eigenvalue weighted by Gasteiger charge is 2.60. The maximum atomic E-state index is 16.5. The minimum atomic E-state index is -4.27. The molecule has 0 aromatic heterocycles. The summed E-state index contributed by atoms with van der Waals surface area (Å²) in [4.78, 5) is 42.9. The predicted molar refractivity (Wildman–Crippen MR) is 212 cm³/mol. The van der Waals surface area contributed by atoms with Gasteiger partial charge in [0.15, 0.2) is 5.41 Å². The summed E-state index contributed by atoms with van der Waals surface area (Å²) < 4.78 is 40.9. The van der Waals surface area contributed by atoms with Crippen LogP contribution in [0.3, 0.4) is 0 Å². The molecule has 10 heteroatoms. The zero-order valence-electron chi connectivity index (χ0n) is 31.8. The molecule has 4 aliphatic rings. The second-order valence-electron chi connectivity index (χ2n) is 15.9. The summed E-state index contributed by atoms with van der Waals surface area (Å²) in [5.74, 6) is -1.45. The highest BCUT2D eigenvalue weighted by atomic mass is 31.2. The molecule has 0 radical (unpaired) electrons. The van der Waals surface area contributed by atoms with Crippen molar-refractivity contribution in [2.75, 3.05) is 19.4 Å². The smallest absolute Gasteiger partial charge is 0.408 e. The molecule has 4 saturated carbocycles. The Balaban J connectivity index is 1.33. The Morgan fingerprint density at radius 2 is 1.25 bits per heavy atom. The van der Waals surface area contributed by atoms with Crippen molar-refractivity contribution in [3.05, 3.63) is 120 Å². The summed E-state index contributed by atoms with van der Waals surface area (Å²) in [6, 6.07) is 32.4. The maximum Gasteiger partial charge on any atom is 0.408 e. The fraction of sp³-hybridized carbons (Fsp3) is 0.444. The Bertz CT molecular complexity index is 1960. The van der Waals surface area contributed by atoms with Gasteiger partial charge < -0.3 is 24.1 Å². The average molecular weight is 766 g/mol. The Hall–Kier alpha value is -4.46. The fourth-order valence-corrected chi connectivity index (χ4v) is 12.9. The summed E-state index contributed by atoms with van der Waals surface area (Å²) in [5.41, 5.74) is -0.498. The van der Waals surface area contributed by atoms with Crippen molar-refractivity contribution in [3.8, 4) is 0 Å². The minimum Gasteiger partial charge on any atom is -0.465 e. The molecular weight excluding hydrogens is 713 g/mol. The van der Waals surface area contributed by atoms with Crippen molar-refractivity contribution in [2.45, 2.75) is 83.2 Å². The number of alkyl carbamates (subject to hydrolysis) is 1. The van der Waals surface area contributed by atoms with Crippen LogP contribution in [0.15, 0.2) is 103 Å². The molecule has 2 unspecified atom stereocenters. The zero-order valence-corrected chi connectivity index (χ0v) is 32.7. The van der Waals surface area contributed by atoms with Gasteiger partial charge in [-0.15, -0.1) is 0 Å². The lowest BCUT2D eigenvalue weighted by Crippen LogP contribution is -2.54. The van der Waals surface area contributed by atoms with Crippen molar-refractivity contribution in [2.24, 2.45) is 23.2 Å². The summed E-state index contributed by atoms with van der Waals surface area (Å²) in [6.45, 7) is 3.35. The van der Waals surface area contributed by atoms with Crippen molar-refractivity contribution in [1.82, 2.24) is 5.32 Å². The number of amides is 1. The molecule has 0 spiro atoms. The Labute approximate surface area is 323 Å². The van der Waals surface area contributed by atoms with Crippen LogP contribution < -0.4 is 5.32 Å². The van der Waals surface area contributed by atoms with E-state index >= 15 is 4.57 Å². The fourth-order valence-electron chi connectivity index (χ4n) is 9.73. The van der Waals surface area contributed by atoms with Crippen LogP contribution in [0.1, 0.15) is 69.1 Å². The van der Waals surface area contributed by atoms with Crippen LogP contribution in [0.2, 0.25) is 0 Å². The summed E-state index contributed by atoms with van der Waals surface area (Å²) in [7, 11) is -4.27. The van der Waals surface area contributed by atoms with Gasteiger partial charge in [0, 0.05) is 6.42 Å². The first-order valence-corrected chi connectivity index (χ1v) is 21.6. The number of carbonyl (C=O) groups excluding carboxylic acids is 3. The van der Waals surface area contributed by atoms with Crippen LogP contribution in [-0.4, -0.2) is 48.8 Å². The molecule has 1 N–H and O–H groups in total. The second-order valence-corrected chi connectivity index (χ2v) is 18.4. The molecule has 4 aromatic carbocycles. The van der Waals surface area contributed by atoms with E-state index in [0.29, 0.717) is 23.3 Å². The lowest BCUT2D eigenvalue weighted by atomic mass is 9.54. The van der Waals surface area contributed by atoms with Crippen LogP contribution in [0.5, 0.6) is 0 Å². The molecule has 4 fully saturated rings. The summed E-state index contributed by atoms with van der Waals surface area (Å²) in [5, 5.41) is 4.89. The van der Waals surface area contributed by atoms with E-state index < -0.39 is 48.4 Å². The van der Waals surface area contributed by atoms with Gasteiger partial charge in [0.05, 0.1) is 25.0 Å². The molecule has 9 nitrogen and oxygen atoms in total. The van der Waals surface area contributed by atoms with Crippen LogP contribution in [0.4, 0.5) is 4.79 Å². The van der Waals surface area contributed by atoms with E-state index in [1.54, 1.807) is 13.8 Å². The Kier molecular flexibility index (Phi) is 11.8. The highest BCUT2D eigenvalue weighted by molar-refractivity contribution is 7.60. The SMILES string of the molecule is CCOC(=O)C(Cc1ccc2ccccc2c1)(CP(=O)(OC12CC3CC(CC(C3)C1)C2)C(Cc1ccccc1)NC(=O)OCc1ccccc1)C(=O)OCC. The van der Waals surface area contributed by atoms with Gasteiger partial charge in [-0.05, 0) is 104 Å². The van der Waals surface area contributed by atoms with Crippen molar-refractivity contribution in [1.29, 1.82) is 0 Å².